The van der Waals surface area contributed by atoms with Crippen LogP contribution in [-0.4, -0.2) is 17.4 Å². The van der Waals surface area contributed by atoms with Crippen LogP contribution in [0.15, 0.2) is 41.0 Å². The molecule has 6 nitrogen and oxygen atoms in total. The van der Waals surface area contributed by atoms with Crippen LogP contribution in [0.3, 0.4) is 0 Å². The third kappa shape index (κ3) is 4.58. The molecule has 3 rings (SSSR count). The molecule has 140 valence electrons. The number of carbonyl (C=O) groups excluding carboxylic acids is 2. The lowest BCUT2D eigenvalue weighted by Crippen LogP contribution is -2.52. The average molecular weight is 398 g/mol. The van der Waals surface area contributed by atoms with Gasteiger partial charge in [0.05, 0.1) is 22.5 Å². The van der Waals surface area contributed by atoms with Gasteiger partial charge in [0.2, 0.25) is 5.91 Å². The molecular formula is C18H21Cl2N3O3. The van der Waals surface area contributed by atoms with E-state index in [0.717, 1.165) is 19.3 Å². The zero-order valence-electron chi connectivity index (χ0n) is 14.1. The molecule has 1 fully saturated rings. The maximum absolute atomic E-state index is 12.5. The summed E-state index contributed by atoms with van der Waals surface area (Å²) in [5.41, 5.74) is 6.38. The van der Waals surface area contributed by atoms with Gasteiger partial charge in [-0.2, -0.15) is 0 Å². The first-order valence-electron chi connectivity index (χ1n) is 8.23. The van der Waals surface area contributed by atoms with E-state index in [4.69, 9.17) is 21.8 Å². The minimum atomic E-state index is -0.823. The second kappa shape index (κ2) is 8.58. The Labute approximate surface area is 162 Å². The number of hydrogen-bond acceptors (Lipinski definition) is 4. The standard InChI is InChI=1S/C18H20ClN3O3.ClH/c19-13-11-12(21-17(24)18(20)8-2-1-3-9-18)6-7-14(13)22-16(23)15-5-4-10-25-15;/h4-7,10-11H,1-3,8-9,20H2,(H,21,24)(H,22,23);1H. The number of rotatable bonds is 4. The van der Waals surface area contributed by atoms with Crippen LogP contribution in [0.2, 0.25) is 5.02 Å². The van der Waals surface area contributed by atoms with Crippen molar-refractivity contribution in [1.82, 2.24) is 0 Å². The van der Waals surface area contributed by atoms with Gasteiger partial charge in [-0.3, -0.25) is 9.59 Å². The third-order valence-electron chi connectivity index (χ3n) is 4.42. The number of hydrogen-bond donors (Lipinski definition) is 3. The average Bonchev–Trinajstić information content (AvgIpc) is 3.12. The molecule has 1 heterocycles. The van der Waals surface area contributed by atoms with Crippen LogP contribution in [0, 0.1) is 0 Å². The largest absolute Gasteiger partial charge is 0.459 e. The molecule has 2 aromatic rings. The highest BCUT2D eigenvalue weighted by Crippen LogP contribution is 2.29. The van der Waals surface area contributed by atoms with Crippen molar-refractivity contribution in [3.05, 3.63) is 47.4 Å². The van der Waals surface area contributed by atoms with E-state index in [-0.39, 0.29) is 24.1 Å². The molecular weight excluding hydrogens is 377 g/mol. The van der Waals surface area contributed by atoms with Gasteiger partial charge in [-0.15, -0.1) is 12.4 Å². The van der Waals surface area contributed by atoms with Crippen LogP contribution in [0.1, 0.15) is 42.7 Å². The highest BCUT2D eigenvalue weighted by atomic mass is 35.5. The Balaban J connectivity index is 0.00000243. The van der Waals surface area contributed by atoms with Crippen LogP contribution in [0.25, 0.3) is 0 Å². The van der Waals surface area contributed by atoms with E-state index in [1.54, 1.807) is 30.3 Å². The molecule has 0 atom stereocenters. The zero-order chi connectivity index (χ0) is 17.9. The number of furan rings is 1. The van der Waals surface area contributed by atoms with Gasteiger partial charge >= 0.3 is 0 Å². The molecule has 1 aliphatic carbocycles. The van der Waals surface area contributed by atoms with Gasteiger partial charge in [0.25, 0.3) is 5.91 Å². The Hall–Kier alpha value is -2.02. The van der Waals surface area contributed by atoms with Crippen molar-refractivity contribution in [2.24, 2.45) is 5.73 Å². The monoisotopic (exact) mass is 397 g/mol. The zero-order valence-corrected chi connectivity index (χ0v) is 15.7. The Bertz CT molecular complexity index is 772. The predicted octanol–water partition coefficient (Wildman–Crippen LogP) is 4.21. The first kappa shape index (κ1) is 20.3. The van der Waals surface area contributed by atoms with E-state index < -0.39 is 11.4 Å². The minimum absolute atomic E-state index is 0. The lowest BCUT2D eigenvalue weighted by atomic mass is 9.82. The van der Waals surface area contributed by atoms with Crippen molar-refractivity contribution >= 4 is 47.2 Å². The molecule has 0 bridgehead atoms. The van der Waals surface area contributed by atoms with E-state index in [9.17, 15) is 9.59 Å². The van der Waals surface area contributed by atoms with Gasteiger partial charge in [0, 0.05) is 5.69 Å². The molecule has 0 radical (unpaired) electrons. The number of nitrogens with one attached hydrogen (secondary N) is 2. The van der Waals surface area contributed by atoms with Crippen molar-refractivity contribution in [2.75, 3.05) is 10.6 Å². The topological polar surface area (TPSA) is 97.4 Å². The lowest BCUT2D eigenvalue weighted by Gasteiger charge is -2.31. The van der Waals surface area contributed by atoms with E-state index in [1.165, 1.54) is 6.26 Å². The Morgan fingerprint density at radius 1 is 1.12 bits per heavy atom. The maximum atomic E-state index is 12.5. The molecule has 1 aromatic heterocycles. The molecule has 2 amide bonds. The highest BCUT2D eigenvalue weighted by Gasteiger charge is 2.35. The van der Waals surface area contributed by atoms with Crippen LogP contribution in [0.5, 0.6) is 0 Å². The summed E-state index contributed by atoms with van der Waals surface area (Å²) < 4.78 is 5.04. The van der Waals surface area contributed by atoms with Crippen LogP contribution in [-0.2, 0) is 4.79 Å². The fourth-order valence-electron chi connectivity index (χ4n) is 2.95. The Morgan fingerprint density at radius 2 is 1.85 bits per heavy atom. The summed E-state index contributed by atoms with van der Waals surface area (Å²) in [6.45, 7) is 0. The normalized spacial score (nSPS) is 15.6. The van der Waals surface area contributed by atoms with E-state index in [0.29, 0.717) is 29.2 Å². The third-order valence-corrected chi connectivity index (χ3v) is 4.73. The lowest BCUT2D eigenvalue weighted by molar-refractivity contribution is -0.122. The van der Waals surface area contributed by atoms with Gasteiger partial charge in [-0.05, 0) is 43.2 Å². The summed E-state index contributed by atoms with van der Waals surface area (Å²) in [4.78, 5) is 24.4. The van der Waals surface area contributed by atoms with Gasteiger partial charge in [0.15, 0.2) is 5.76 Å². The van der Waals surface area contributed by atoms with Crippen LogP contribution < -0.4 is 16.4 Å². The highest BCUT2D eigenvalue weighted by molar-refractivity contribution is 6.34. The molecule has 1 aliphatic rings. The molecule has 1 aromatic carbocycles. The summed E-state index contributed by atoms with van der Waals surface area (Å²) in [5, 5.41) is 5.80. The Morgan fingerprint density at radius 3 is 2.46 bits per heavy atom. The number of carbonyl (C=O) groups is 2. The number of anilines is 2. The predicted molar refractivity (Wildman–Crippen MR) is 104 cm³/mol. The van der Waals surface area contributed by atoms with Crippen molar-refractivity contribution in [3.8, 4) is 0 Å². The second-order valence-corrected chi connectivity index (χ2v) is 6.70. The summed E-state index contributed by atoms with van der Waals surface area (Å²) in [6, 6.07) is 8.08. The molecule has 0 spiro atoms. The molecule has 0 saturated heterocycles. The van der Waals surface area contributed by atoms with Gasteiger partial charge in [-0.1, -0.05) is 30.9 Å². The van der Waals surface area contributed by atoms with E-state index in [1.807, 2.05) is 0 Å². The smallest absolute Gasteiger partial charge is 0.291 e. The number of halogens is 2. The van der Waals surface area contributed by atoms with Gasteiger partial charge in [-0.25, -0.2) is 0 Å². The summed E-state index contributed by atoms with van der Waals surface area (Å²) in [6.07, 6.45) is 5.82. The fourth-order valence-corrected chi connectivity index (χ4v) is 3.18. The van der Waals surface area contributed by atoms with Crippen molar-refractivity contribution in [2.45, 2.75) is 37.6 Å². The molecule has 1 saturated carbocycles. The first-order valence-corrected chi connectivity index (χ1v) is 8.60. The van der Waals surface area contributed by atoms with E-state index in [2.05, 4.69) is 10.6 Å². The van der Waals surface area contributed by atoms with Crippen molar-refractivity contribution < 1.29 is 14.0 Å². The van der Waals surface area contributed by atoms with Crippen LogP contribution >= 0.6 is 24.0 Å². The first-order chi connectivity index (χ1) is 12.0. The number of benzene rings is 1. The van der Waals surface area contributed by atoms with Gasteiger partial charge < -0.3 is 20.8 Å². The summed E-state index contributed by atoms with van der Waals surface area (Å²) >= 11 is 6.21. The second-order valence-electron chi connectivity index (χ2n) is 6.30. The summed E-state index contributed by atoms with van der Waals surface area (Å²) in [7, 11) is 0. The Kier molecular flexibility index (Phi) is 6.69. The molecule has 4 N–H and O–H groups in total. The van der Waals surface area contributed by atoms with Crippen molar-refractivity contribution in [3.63, 3.8) is 0 Å². The molecule has 0 unspecified atom stereocenters. The molecule has 8 heteroatoms. The fraction of sp³-hybridized carbons (Fsp3) is 0.333. The van der Waals surface area contributed by atoms with Crippen LogP contribution in [0.4, 0.5) is 11.4 Å². The molecule has 0 aliphatic heterocycles. The van der Waals surface area contributed by atoms with Crippen molar-refractivity contribution in [1.29, 1.82) is 0 Å². The summed E-state index contributed by atoms with van der Waals surface area (Å²) in [5.74, 6) is -0.404. The van der Waals surface area contributed by atoms with Gasteiger partial charge in [0.1, 0.15) is 0 Å². The quantitative estimate of drug-likeness (QED) is 0.719. The number of amides is 2. The SMILES string of the molecule is Cl.NC1(C(=O)Nc2ccc(NC(=O)c3ccco3)c(Cl)c2)CCCCC1. The maximum Gasteiger partial charge on any atom is 0.291 e. The minimum Gasteiger partial charge on any atom is -0.459 e. The van der Waals surface area contributed by atoms with E-state index >= 15 is 0 Å². The molecule has 26 heavy (non-hydrogen) atoms. The number of nitrogens with two attached hydrogens (primary N) is 1.